The molecule has 0 bridgehead atoms. The quantitative estimate of drug-likeness (QED) is 0.709. The van der Waals surface area contributed by atoms with E-state index in [-0.39, 0.29) is 24.0 Å². The van der Waals surface area contributed by atoms with Gasteiger partial charge in [-0.2, -0.15) is 0 Å². The molecule has 0 aromatic rings. The van der Waals surface area contributed by atoms with Crippen molar-refractivity contribution in [2.24, 2.45) is 5.92 Å². The molecule has 1 saturated heterocycles. The molecule has 1 heterocycles. The lowest BCUT2D eigenvalue weighted by molar-refractivity contribution is -0.123. The predicted octanol–water partition coefficient (Wildman–Crippen LogP) is 1.19. The van der Waals surface area contributed by atoms with Gasteiger partial charge in [0.1, 0.15) is 0 Å². The van der Waals surface area contributed by atoms with Crippen molar-refractivity contribution in [1.29, 1.82) is 0 Å². The summed E-state index contributed by atoms with van der Waals surface area (Å²) < 4.78 is 0. The first kappa shape index (κ1) is 13.8. The molecule has 1 saturated carbocycles. The number of rotatable bonds is 3. The Bertz CT molecular complexity index is 263. The van der Waals surface area contributed by atoms with E-state index in [4.69, 9.17) is 0 Å². The third kappa shape index (κ3) is 3.95. The van der Waals surface area contributed by atoms with Crippen molar-refractivity contribution in [1.82, 2.24) is 10.6 Å². The van der Waals surface area contributed by atoms with Gasteiger partial charge in [0.15, 0.2) is 0 Å². The van der Waals surface area contributed by atoms with E-state index < -0.39 is 0 Å². The molecule has 2 fully saturated rings. The molecule has 0 aromatic carbocycles. The first-order valence-electron chi connectivity index (χ1n) is 7.46. The fourth-order valence-electron chi connectivity index (χ4n) is 3.04. The van der Waals surface area contributed by atoms with Gasteiger partial charge in [0.05, 0.1) is 12.1 Å². The molecular weight excluding hydrogens is 228 g/mol. The summed E-state index contributed by atoms with van der Waals surface area (Å²) in [6, 6.07) is -0.0242. The van der Waals surface area contributed by atoms with Crippen LogP contribution >= 0.6 is 0 Å². The molecular formula is C14H26N2O2. The Morgan fingerprint density at radius 1 is 1.11 bits per heavy atom. The van der Waals surface area contributed by atoms with Crippen LogP contribution in [0.5, 0.6) is 0 Å². The van der Waals surface area contributed by atoms with Crippen LogP contribution in [-0.2, 0) is 4.79 Å². The van der Waals surface area contributed by atoms with E-state index in [0.29, 0.717) is 6.54 Å². The second-order valence-corrected chi connectivity index (χ2v) is 5.71. The summed E-state index contributed by atoms with van der Waals surface area (Å²) in [6.45, 7) is 1.59. The maximum atomic E-state index is 12.1. The Hall–Kier alpha value is -0.610. The largest absolute Gasteiger partial charge is 0.393 e. The zero-order valence-electron chi connectivity index (χ0n) is 11.2. The van der Waals surface area contributed by atoms with Gasteiger partial charge in [0.2, 0.25) is 5.91 Å². The Labute approximate surface area is 110 Å². The number of aliphatic hydroxyl groups excluding tert-OH is 1. The maximum Gasteiger partial charge on any atom is 0.237 e. The second-order valence-electron chi connectivity index (χ2n) is 5.71. The highest BCUT2D eigenvalue weighted by molar-refractivity contribution is 5.81. The van der Waals surface area contributed by atoms with Crippen LogP contribution in [0.25, 0.3) is 0 Å². The molecule has 18 heavy (non-hydrogen) atoms. The van der Waals surface area contributed by atoms with Crippen LogP contribution in [0.1, 0.15) is 51.4 Å². The van der Waals surface area contributed by atoms with E-state index in [2.05, 4.69) is 10.6 Å². The first-order valence-corrected chi connectivity index (χ1v) is 7.46. The summed E-state index contributed by atoms with van der Waals surface area (Å²) in [4.78, 5) is 12.1. The molecule has 2 aliphatic rings. The highest BCUT2D eigenvalue weighted by Gasteiger charge is 2.26. The SMILES string of the molecule is O=C(NCC1CCCC1O)C1CCCCCCN1. The number of hydrogen-bond acceptors (Lipinski definition) is 3. The van der Waals surface area contributed by atoms with E-state index in [1.54, 1.807) is 0 Å². The lowest BCUT2D eigenvalue weighted by Crippen LogP contribution is -2.46. The van der Waals surface area contributed by atoms with Gasteiger partial charge in [0, 0.05) is 12.5 Å². The van der Waals surface area contributed by atoms with Gasteiger partial charge in [-0.15, -0.1) is 0 Å². The van der Waals surface area contributed by atoms with Gasteiger partial charge in [-0.25, -0.2) is 0 Å². The van der Waals surface area contributed by atoms with Crippen LogP contribution < -0.4 is 10.6 Å². The fourth-order valence-corrected chi connectivity index (χ4v) is 3.04. The Morgan fingerprint density at radius 2 is 1.94 bits per heavy atom. The van der Waals surface area contributed by atoms with Crippen molar-refractivity contribution in [2.75, 3.05) is 13.1 Å². The normalized spacial score (nSPS) is 33.7. The predicted molar refractivity (Wildman–Crippen MR) is 71.2 cm³/mol. The summed E-state index contributed by atoms with van der Waals surface area (Å²) in [5, 5.41) is 16.1. The third-order valence-electron chi connectivity index (χ3n) is 4.28. The van der Waals surface area contributed by atoms with Gasteiger partial charge < -0.3 is 15.7 Å². The molecule has 1 amide bonds. The third-order valence-corrected chi connectivity index (χ3v) is 4.28. The number of nitrogens with one attached hydrogen (secondary N) is 2. The molecule has 2 rings (SSSR count). The smallest absolute Gasteiger partial charge is 0.237 e. The zero-order chi connectivity index (χ0) is 12.8. The van der Waals surface area contributed by atoms with Crippen molar-refractivity contribution in [3.63, 3.8) is 0 Å². The van der Waals surface area contributed by atoms with Crippen LogP contribution in [0.4, 0.5) is 0 Å². The van der Waals surface area contributed by atoms with E-state index in [0.717, 1.165) is 38.6 Å². The number of hydrogen-bond donors (Lipinski definition) is 3. The average Bonchev–Trinajstić information content (AvgIpc) is 2.71. The second kappa shape index (κ2) is 7.10. The Kier molecular flexibility index (Phi) is 5.45. The molecule has 3 N–H and O–H groups in total. The molecule has 4 heteroatoms. The molecule has 0 aromatic heterocycles. The molecule has 3 atom stereocenters. The number of carbonyl (C=O) groups excluding carboxylic acids is 1. The van der Waals surface area contributed by atoms with Gasteiger partial charge in [-0.05, 0) is 32.2 Å². The number of amides is 1. The van der Waals surface area contributed by atoms with Crippen LogP contribution in [-0.4, -0.2) is 36.2 Å². The summed E-state index contributed by atoms with van der Waals surface area (Å²) in [5.74, 6) is 0.388. The lowest BCUT2D eigenvalue weighted by Gasteiger charge is -2.22. The van der Waals surface area contributed by atoms with E-state index in [1.165, 1.54) is 19.3 Å². The fraction of sp³-hybridized carbons (Fsp3) is 0.929. The van der Waals surface area contributed by atoms with Crippen molar-refractivity contribution in [2.45, 2.75) is 63.5 Å². The highest BCUT2D eigenvalue weighted by atomic mass is 16.3. The summed E-state index contributed by atoms with van der Waals surface area (Å²) in [6.07, 6.45) is 8.57. The standard InChI is InChI=1S/C14H26N2O2/c17-13-8-5-6-11(13)10-16-14(18)12-7-3-1-2-4-9-15-12/h11-13,15,17H,1-10H2,(H,16,18). The first-order chi connectivity index (χ1) is 8.77. The summed E-state index contributed by atoms with van der Waals surface area (Å²) in [5.41, 5.74) is 0. The molecule has 1 aliphatic carbocycles. The van der Waals surface area contributed by atoms with Gasteiger partial charge in [-0.1, -0.05) is 25.7 Å². The molecule has 0 spiro atoms. The van der Waals surface area contributed by atoms with Crippen LogP contribution in [0.3, 0.4) is 0 Å². The molecule has 4 nitrogen and oxygen atoms in total. The van der Waals surface area contributed by atoms with Crippen LogP contribution in [0.2, 0.25) is 0 Å². The Morgan fingerprint density at radius 3 is 2.72 bits per heavy atom. The number of aliphatic hydroxyl groups is 1. The molecule has 0 radical (unpaired) electrons. The van der Waals surface area contributed by atoms with Crippen molar-refractivity contribution in [3.8, 4) is 0 Å². The van der Waals surface area contributed by atoms with Crippen LogP contribution in [0.15, 0.2) is 0 Å². The number of carbonyl (C=O) groups is 1. The zero-order valence-corrected chi connectivity index (χ0v) is 11.2. The molecule has 1 aliphatic heterocycles. The topological polar surface area (TPSA) is 61.4 Å². The van der Waals surface area contributed by atoms with Crippen molar-refractivity contribution < 1.29 is 9.90 Å². The lowest BCUT2D eigenvalue weighted by atomic mass is 10.0. The van der Waals surface area contributed by atoms with Crippen molar-refractivity contribution >= 4 is 5.91 Å². The molecule has 3 unspecified atom stereocenters. The Balaban J connectivity index is 1.72. The highest BCUT2D eigenvalue weighted by Crippen LogP contribution is 2.24. The maximum absolute atomic E-state index is 12.1. The van der Waals surface area contributed by atoms with E-state index >= 15 is 0 Å². The molecule has 104 valence electrons. The summed E-state index contributed by atoms with van der Waals surface area (Å²) >= 11 is 0. The minimum atomic E-state index is -0.212. The van der Waals surface area contributed by atoms with E-state index in [1.807, 2.05) is 0 Å². The minimum absolute atomic E-state index is 0.0242. The van der Waals surface area contributed by atoms with Crippen LogP contribution in [0, 0.1) is 5.92 Å². The van der Waals surface area contributed by atoms with Crippen molar-refractivity contribution in [3.05, 3.63) is 0 Å². The average molecular weight is 254 g/mol. The minimum Gasteiger partial charge on any atom is -0.393 e. The monoisotopic (exact) mass is 254 g/mol. The van der Waals surface area contributed by atoms with Gasteiger partial charge >= 0.3 is 0 Å². The summed E-state index contributed by atoms with van der Waals surface area (Å²) in [7, 11) is 0. The van der Waals surface area contributed by atoms with E-state index in [9.17, 15) is 9.90 Å². The van der Waals surface area contributed by atoms with Gasteiger partial charge in [-0.3, -0.25) is 4.79 Å². The van der Waals surface area contributed by atoms with Gasteiger partial charge in [0.25, 0.3) is 0 Å².